The van der Waals surface area contributed by atoms with Crippen LogP contribution in [0.3, 0.4) is 0 Å². The van der Waals surface area contributed by atoms with E-state index in [2.05, 4.69) is 13.8 Å². The first-order valence-electron chi connectivity index (χ1n) is 14.2. The molecule has 0 unspecified atom stereocenters. The average molecular weight is 486 g/mol. The predicted molar refractivity (Wildman–Crippen MR) is 146 cm³/mol. The molecule has 4 heteroatoms. The summed E-state index contributed by atoms with van der Waals surface area (Å²) in [6, 6.07) is 0. The minimum atomic E-state index is 0.268. The lowest BCUT2D eigenvalue weighted by atomic mass is 9.67. The van der Waals surface area contributed by atoms with Crippen molar-refractivity contribution >= 4 is 0 Å². The van der Waals surface area contributed by atoms with Gasteiger partial charge in [-0.1, -0.05) is 72.6 Å². The van der Waals surface area contributed by atoms with Gasteiger partial charge in [-0.3, -0.25) is 0 Å². The molecule has 0 aromatic rings. The van der Waals surface area contributed by atoms with Gasteiger partial charge in [0.05, 0.1) is 26.4 Å². The fraction of sp³-hybridized carbons (Fsp3) is 0.967. The molecule has 2 aliphatic carbocycles. The van der Waals surface area contributed by atoms with Crippen molar-refractivity contribution in [1.29, 1.82) is 0 Å². The van der Waals surface area contributed by atoms with Crippen molar-refractivity contribution in [2.75, 3.05) is 54.9 Å². The van der Waals surface area contributed by atoms with E-state index in [0.717, 1.165) is 38.3 Å². The molecule has 205 valence electrons. The Hall–Kier alpha value is -0.160. The fourth-order valence-corrected chi connectivity index (χ4v) is 6.47. The predicted octanol–water partition coefficient (Wildman–Crippen LogP) is 8.13. The second kappa shape index (κ2) is 21.0. The highest BCUT2D eigenvalue weighted by atomic mass is 16.5. The van der Waals surface area contributed by atoms with Crippen molar-refractivity contribution in [3.8, 4) is 0 Å². The Kier molecular flexibility index (Phi) is 20.9. The molecular formula is C30H61O4. The van der Waals surface area contributed by atoms with E-state index < -0.39 is 0 Å². The van der Waals surface area contributed by atoms with Gasteiger partial charge in [-0.05, 0) is 56.8 Å². The molecule has 0 bridgehead atoms. The van der Waals surface area contributed by atoms with Gasteiger partial charge in [0.2, 0.25) is 0 Å². The topological polar surface area (TPSA) is 36.9 Å². The minimum absolute atomic E-state index is 0.268. The van der Waals surface area contributed by atoms with Crippen molar-refractivity contribution in [2.45, 2.75) is 111 Å². The maximum absolute atomic E-state index is 5.49. The average Bonchev–Trinajstić information content (AvgIpc) is 2.86. The molecule has 0 heterocycles. The van der Waals surface area contributed by atoms with Crippen LogP contribution in [0.2, 0.25) is 0 Å². The van der Waals surface area contributed by atoms with Crippen LogP contribution < -0.4 is 0 Å². The molecule has 0 atom stereocenters. The highest BCUT2D eigenvalue weighted by Crippen LogP contribution is 2.43. The molecular weight excluding hydrogens is 424 g/mol. The summed E-state index contributed by atoms with van der Waals surface area (Å²) in [5.74, 6) is 1.61. The van der Waals surface area contributed by atoms with E-state index in [1.54, 1.807) is 0 Å². The lowest BCUT2D eigenvalue weighted by Gasteiger charge is -2.42. The van der Waals surface area contributed by atoms with Crippen LogP contribution >= 0.6 is 0 Å². The number of ether oxygens (including phenoxy) is 4. The second-order valence-electron chi connectivity index (χ2n) is 10.8. The monoisotopic (exact) mass is 485 g/mol. The van der Waals surface area contributed by atoms with Crippen LogP contribution in [0.25, 0.3) is 0 Å². The molecule has 2 rings (SSSR count). The van der Waals surface area contributed by atoms with Crippen LogP contribution in [0.5, 0.6) is 0 Å². The zero-order valence-corrected chi connectivity index (χ0v) is 24.4. The van der Waals surface area contributed by atoms with Crippen LogP contribution in [0.4, 0.5) is 0 Å². The molecule has 34 heavy (non-hydrogen) atoms. The third kappa shape index (κ3) is 11.7. The van der Waals surface area contributed by atoms with Crippen molar-refractivity contribution in [1.82, 2.24) is 0 Å². The number of rotatable bonds is 13. The molecule has 1 radical (unpaired) electrons. The number of methoxy groups -OCH3 is 4. The largest absolute Gasteiger partial charge is 0.384 e. The van der Waals surface area contributed by atoms with Crippen molar-refractivity contribution in [3.05, 3.63) is 6.42 Å². The van der Waals surface area contributed by atoms with Crippen LogP contribution in [0.1, 0.15) is 111 Å². The first-order chi connectivity index (χ1) is 16.5. The van der Waals surface area contributed by atoms with Gasteiger partial charge >= 0.3 is 0 Å². The number of hydrogen-bond acceptors (Lipinski definition) is 4. The molecule has 0 aliphatic heterocycles. The van der Waals surface area contributed by atoms with E-state index in [4.69, 9.17) is 18.9 Å². The Balaban J connectivity index is 0.000000575. The first-order valence-corrected chi connectivity index (χ1v) is 14.2. The highest BCUT2D eigenvalue weighted by molar-refractivity contribution is 4.88. The summed E-state index contributed by atoms with van der Waals surface area (Å²) in [4.78, 5) is 0. The van der Waals surface area contributed by atoms with Crippen molar-refractivity contribution in [2.24, 2.45) is 22.7 Å². The quantitative estimate of drug-likeness (QED) is 0.264. The Labute approximate surface area is 214 Å². The molecule has 0 saturated heterocycles. The van der Waals surface area contributed by atoms with E-state index in [-0.39, 0.29) is 10.8 Å². The van der Waals surface area contributed by atoms with E-state index >= 15 is 0 Å². The lowest BCUT2D eigenvalue weighted by molar-refractivity contribution is -0.0467. The molecule has 2 aliphatic rings. The van der Waals surface area contributed by atoms with Gasteiger partial charge in [-0.25, -0.2) is 0 Å². The molecule has 0 spiro atoms. The van der Waals surface area contributed by atoms with Gasteiger partial charge in [0.1, 0.15) is 0 Å². The summed E-state index contributed by atoms with van der Waals surface area (Å²) in [5.41, 5.74) is 0.544. The van der Waals surface area contributed by atoms with Crippen LogP contribution in [-0.2, 0) is 18.9 Å². The molecule has 2 saturated carbocycles. The molecule has 0 aromatic carbocycles. The maximum Gasteiger partial charge on any atom is 0.0543 e. The van der Waals surface area contributed by atoms with Crippen LogP contribution in [0.15, 0.2) is 0 Å². The Morgan fingerprint density at radius 3 is 1.21 bits per heavy atom. The van der Waals surface area contributed by atoms with E-state index in [0.29, 0.717) is 0 Å². The number of hydrogen-bond donors (Lipinski definition) is 0. The van der Waals surface area contributed by atoms with E-state index in [1.807, 2.05) is 48.7 Å². The Bertz CT molecular complexity index is 405. The summed E-state index contributed by atoms with van der Waals surface area (Å²) in [6.07, 6.45) is 19.5. The SMILES string of the molecule is CCC(COC)(COC)C1CCCCC1.CCCC(COC)(COC)C1CCCCC1.C[CH]C. The molecule has 0 N–H and O–H groups in total. The van der Waals surface area contributed by atoms with E-state index in [9.17, 15) is 0 Å². The maximum atomic E-state index is 5.49. The van der Waals surface area contributed by atoms with Gasteiger partial charge in [0.25, 0.3) is 0 Å². The minimum Gasteiger partial charge on any atom is -0.384 e. The zero-order chi connectivity index (χ0) is 25.7. The van der Waals surface area contributed by atoms with Gasteiger partial charge < -0.3 is 18.9 Å². The van der Waals surface area contributed by atoms with Crippen molar-refractivity contribution < 1.29 is 18.9 Å². The third-order valence-electron chi connectivity index (χ3n) is 8.12. The van der Waals surface area contributed by atoms with Gasteiger partial charge in [-0.2, -0.15) is 0 Å². The second-order valence-corrected chi connectivity index (χ2v) is 10.8. The molecule has 0 aromatic heterocycles. The van der Waals surface area contributed by atoms with Gasteiger partial charge in [-0.15, -0.1) is 0 Å². The smallest absolute Gasteiger partial charge is 0.0543 e. The standard InChI is InChI=1S/C14H28O2.C13H26O2.C3H7/c1-4-10-14(11-15-2,12-16-3)13-8-6-5-7-9-13;1-4-13(10-14-2,11-15-3)12-8-6-5-7-9-12;1-3-2/h13H,4-12H2,1-3H3;12H,4-11H2,1-3H3;3H,1-2H3. The lowest BCUT2D eigenvalue weighted by Crippen LogP contribution is -2.40. The molecule has 2 fully saturated rings. The summed E-state index contributed by atoms with van der Waals surface area (Å²) in [6.45, 7) is 12.0. The highest BCUT2D eigenvalue weighted by Gasteiger charge is 2.39. The normalized spacial score (nSPS) is 18.0. The van der Waals surface area contributed by atoms with Gasteiger partial charge in [0, 0.05) is 39.3 Å². The van der Waals surface area contributed by atoms with Crippen LogP contribution in [0, 0.1) is 29.1 Å². The van der Waals surface area contributed by atoms with Crippen LogP contribution in [-0.4, -0.2) is 54.9 Å². The van der Waals surface area contributed by atoms with E-state index in [1.165, 1.54) is 83.5 Å². The summed E-state index contributed by atoms with van der Waals surface area (Å²) in [5, 5.41) is 0. The first kappa shape index (κ1) is 33.8. The Morgan fingerprint density at radius 1 is 0.588 bits per heavy atom. The molecule has 4 nitrogen and oxygen atoms in total. The molecule has 0 amide bonds. The summed E-state index contributed by atoms with van der Waals surface area (Å²) < 4.78 is 21.8. The summed E-state index contributed by atoms with van der Waals surface area (Å²) >= 11 is 0. The summed E-state index contributed by atoms with van der Waals surface area (Å²) in [7, 11) is 7.26. The third-order valence-corrected chi connectivity index (χ3v) is 8.12. The zero-order valence-electron chi connectivity index (χ0n) is 24.4. The van der Waals surface area contributed by atoms with Gasteiger partial charge in [0.15, 0.2) is 0 Å². The Morgan fingerprint density at radius 2 is 0.912 bits per heavy atom. The van der Waals surface area contributed by atoms with Crippen molar-refractivity contribution in [3.63, 3.8) is 0 Å². The fourth-order valence-electron chi connectivity index (χ4n) is 6.47.